The highest BCUT2D eigenvalue weighted by Gasteiger charge is 2.11. The Balaban J connectivity index is 2.56. The summed E-state index contributed by atoms with van der Waals surface area (Å²) >= 11 is 7.72. The highest BCUT2D eigenvalue weighted by molar-refractivity contribution is 14.1. The largest absolute Gasteiger partial charge is 0.306 e. The Morgan fingerprint density at radius 3 is 2.84 bits per heavy atom. The second kappa shape index (κ2) is 6.00. The molecule has 0 atom stereocenters. The number of aromatic amines is 1. The molecule has 6 heteroatoms. The number of nitrogens with zero attached hydrogens (tertiary/aromatic N) is 1. The van der Waals surface area contributed by atoms with Crippen LogP contribution in [0.3, 0.4) is 0 Å². The van der Waals surface area contributed by atoms with Crippen LogP contribution in [0.1, 0.15) is 19.0 Å². The third-order valence-corrected chi connectivity index (χ3v) is 4.01. The molecule has 1 N–H and O–H groups in total. The maximum absolute atomic E-state index is 13.1. The van der Waals surface area contributed by atoms with Crippen LogP contribution in [0.25, 0.3) is 11.4 Å². The van der Waals surface area contributed by atoms with Gasteiger partial charge in [0.15, 0.2) is 0 Å². The monoisotopic (exact) mass is 392 g/mol. The van der Waals surface area contributed by atoms with Crippen LogP contribution in [0.2, 0.25) is 5.02 Å². The molecule has 1 aromatic carbocycles. The number of rotatable bonds is 3. The Morgan fingerprint density at radius 1 is 1.47 bits per heavy atom. The van der Waals surface area contributed by atoms with Crippen molar-refractivity contribution in [2.75, 3.05) is 0 Å². The summed E-state index contributed by atoms with van der Waals surface area (Å²) in [4.78, 5) is 19.0. The zero-order valence-electron chi connectivity index (χ0n) is 10.1. The molecule has 1 aromatic heterocycles. The molecule has 0 aliphatic rings. The van der Waals surface area contributed by atoms with Crippen LogP contribution in [0.15, 0.2) is 23.0 Å². The van der Waals surface area contributed by atoms with E-state index in [1.807, 2.05) is 29.5 Å². The van der Waals surface area contributed by atoms with E-state index in [0.717, 1.165) is 18.5 Å². The first kappa shape index (κ1) is 14.5. The van der Waals surface area contributed by atoms with Gasteiger partial charge < -0.3 is 4.98 Å². The Kier molecular flexibility index (Phi) is 4.57. The van der Waals surface area contributed by atoms with E-state index in [1.165, 1.54) is 12.1 Å². The van der Waals surface area contributed by atoms with E-state index in [0.29, 0.717) is 15.0 Å². The number of nitrogens with one attached hydrogen (secondary N) is 1. The molecule has 2 aromatic rings. The smallest absolute Gasteiger partial charge is 0.264 e. The minimum atomic E-state index is -0.493. The molecule has 100 valence electrons. The fourth-order valence-corrected chi connectivity index (χ4v) is 2.39. The van der Waals surface area contributed by atoms with Crippen molar-refractivity contribution < 1.29 is 4.39 Å². The standard InChI is InChI=1S/C13H11ClFIN2O/c1-2-3-10-11(16)13(19)18-12(17-10)7-4-5-9(15)8(14)6-7/h4-6H,2-3H2,1H3,(H,17,18,19). The summed E-state index contributed by atoms with van der Waals surface area (Å²) in [7, 11) is 0. The Hall–Kier alpha value is -0.950. The minimum absolute atomic E-state index is 0.00994. The van der Waals surface area contributed by atoms with E-state index in [1.54, 1.807) is 6.07 Å². The van der Waals surface area contributed by atoms with Gasteiger partial charge in [0.05, 0.1) is 14.3 Å². The van der Waals surface area contributed by atoms with Crippen molar-refractivity contribution in [1.29, 1.82) is 0 Å². The molecule has 0 unspecified atom stereocenters. The van der Waals surface area contributed by atoms with Crippen molar-refractivity contribution in [3.8, 4) is 11.4 Å². The molecule has 0 aliphatic heterocycles. The third-order valence-electron chi connectivity index (χ3n) is 2.61. The van der Waals surface area contributed by atoms with Gasteiger partial charge in [-0.05, 0) is 47.2 Å². The van der Waals surface area contributed by atoms with Gasteiger partial charge in [-0.2, -0.15) is 0 Å². The predicted octanol–water partition coefficient (Wildman–Crippen LogP) is 3.79. The van der Waals surface area contributed by atoms with Gasteiger partial charge in [-0.3, -0.25) is 4.79 Å². The molecule has 0 radical (unpaired) electrons. The zero-order chi connectivity index (χ0) is 14.0. The van der Waals surface area contributed by atoms with Gasteiger partial charge in [-0.25, -0.2) is 9.37 Å². The van der Waals surface area contributed by atoms with Crippen molar-refractivity contribution in [3.63, 3.8) is 0 Å². The molecule has 0 amide bonds. The molecule has 0 saturated heterocycles. The van der Waals surface area contributed by atoms with Crippen molar-refractivity contribution in [2.24, 2.45) is 0 Å². The van der Waals surface area contributed by atoms with Crippen molar-refractivity contribution in [2.45, 2.75) is 19.8 Å². The van der Waals surface area contributed by atoms with Gasteiger partial charge in [0.2, 0.25) is 0 Å². The predicted molar refractivity (Wildman–Crippen MR) is 82.0 cm³/mol. The normalized spacial score (nSPS) is 10.7. The topological polar surface area (TPSA) is 45.8 Å². The summed E-state index contributed by atoms with van der Waals surface area (Å²) in [5.74, 6) is -0.0807. The lowest BCUT2D eigenvalue weighted by molar-refractivity contribution is 0.628. The number of H-pyrrole nitrogens is 1. The lowest BCUT2D eigenvalue weighted by atomic mass is 10.2. The molecule has 1 heterocycles. The highest BCUT2D eigenvalue weighted by Crippen LogP contribution is 2.22. The van der Waals surface area contributed by atoms with E-state index < -0.39 is 5.82 Å². The summed E-state index contributed by atoms with van der Waals surface area (Å²) in [5, 5.41) is 0.00994. The van der Waals surface area contributed by atoms with Crippen molar-refractivity contribution >= 4 is 34.2 Å². The van der Waals surface area contributed by atoms with Crippen LogP contribution in [0.4, 0.5) is 4.39 Å². The van der Waals surface area contributed by atoms with Gasteiger partial charge in [-0.15, -0.1) is 0 Å². The molecular weight excluding hydrogens is 382 g/mol. The van der Waals surface area contributed by atoms with E-state index in [4.69, 9.17) is 11.6 Å². The summed E-state index contributed by atoms with van der Waals surface area (Å²) in [6.45, 7) is 2.02. The van der Waals surface area contributed by atoms with E-state index in [9.17, 15) is 9.18 Å². The highest BCUT2D eigenvalue weighted by atomic mass is 127. The Labute approximate surface area is 128 Å². The third kappa shape index (κ3) is 3.14. The van der Waals surface area contributed by atoms with Crippen LogP contribution in [0.5, 0.6) is 0 Å². The lowest BCUT2D eigenvalue weighted by Crippen LogP contribution is -2.16. The first-order valence-electron chi connectivity index (χ1n) is 5.77. The summed E-state index contributed by atoms with van der Waals surface area (Å²) in [5.41, 5.74) is 1.16. The van der Waals surface area contributed by atoms with Crippen LogP contribution in [-0.4, -0.2) is 9.97 Å². The maximum atomic E-state index is 13.1. The maximum Gasteiger partial charge on any atom is 0.264 e. The summed E-state index contributed by atoms with van der Waals surface area (Å²) in [6, 6.07) is 4.26. The second-order valence-corrected chi connectivity index (χ2v) is 5.54. The van der Waals surface area contributed by atoms with Gasteiger partial charge in [0, 0.05) is 5.56 Å². The number of hydrogen-bond donors (Lipinski definition) is 1. The molecule has 0 saturated carbocycles. The summed E-state index contributed by atoms with van der Waals surface area (Å²) < 4.78 is 13.7. The van der Waals surface area contributed by atoms with E-state index in [-0.39, 0.29) is 10.6 Å². The van der Waals surface area contributed by atoms with E-state index >= 15 is 0 Å². The number of benzene rings is 1. The van der Waals surface area contributed by atoms with Gasteiger partial charge >= 0.3 is 0 Å². The van der Waals surface area contributed by atoms with Gasteiger partial charge in [-0.1, -0.05) is 24.9 Å². The fourth-order valence-electron chi connectivity index (χ4n) is 1.69. The minimum Gasteiger partial charge on any atom is -0.306 e. The van der Waals surface area contributed by atoms with E-state index in [2.05, 4.69) is 9.97 Å². The van der Waals surface area contributed by atoms with Crippen LogP contribution < -0.4 is 5.56 Å². The van der Waals surface area contributed by atoms with Crippen molar-refractivity contribution in [1.82, 2.24) is 9.97 Å². The Bertz CT molecular complexity index is 672. The average molecular weight is 393 g/mol. The van der Waals surface area contributed by atoms with Crippen LogP contribution in [0, 0.1) is 9.39 Å². The number of hydrogen-bond acceptors (Lipinski definition) is 2. The molecular formula is C13H11ClFIN2O. The first-order valence-corrected chi connectivity index (χ1v) is 7.22. The molecule has 0 bridgehead atoms. The zero-order valence-corrected chi connectivity index (χ0v) is 13.0. The molecule has 2 rings (SSSR count). The lowest BCUT2D eigenvalue weighted by Gasteiger charge is -2.06. The molecule has 0 aliphatic carbocycles. The molecule has 0 fully saturated rings. The number of aryl methyl sites for hydroxylation is 1. The molecule has 0 spiro atoms. The number of halogens is 3. The van der Waals surface area contributed by atoms with Crippen LogP contribution >= 0.6 is 34.2 Å². The number of aromatic nitrogens is 2. The molecule has 3 nitrogen and oxygen atoms in total. The second-order valence-electron chi connectivity index (χ2n) is 4.05. The van der Waals surface area contributed by atoms with Crippen LogP contribution in [-0.2, 0) is 6.42 Å². The first-order chi connectivity index (χ1) is 9.02. The summed E-state index contributed by atoms with van der Waals surface area (Å²) in [6.07, 6.45) is 1.63. The fraction of sp³-hybridized carbons (Fsp3) is 0.231. The van der Waals surface area contributed by atoms with Gasteiger partial charge in [0.25, 0.3) is 5.56 Å². The van der Waals surface area contributed by atoms with Crippen molar-refractivity contribution in [3.05, 3.63) is 48.7 Å². The SMILES string of the molecule is CCCc1nc(-c2ccc(F)c(Cl)c2)[nH]c(=O)c1I. The quantitative estimate of drug-likeness (QED) is 0.808. The average Bonchev–Trinajstić information content (AvgIpc) is 2.38. The van der Waals surface area contributed by atoms with Gasteiger partial charge in [0.1, 0.15) is 11.6 Å². The molecule has 19 heavy (non-hydrogen) atoms. The Morgan fingerprint density at radius 2 is 2.21 bits per heavy atom.